The summed E-state index contributed by atoms with van der Waals surface area (Å²) in [6, 6.07) is 0. The van der Waals surface area contributed by atoms with Crippen LogP contribution in [0.1, 0.15) is 39.5 Å². The zero-order valence-corrected chi connectivity index (χ0v) is 6.98. The van der Waals surface area contributed by atoms with Crippen molar-refractivity contribution in [2.45, 2.75) is 39.5 Å². The minimum atomic E-state index is 1.01. The molecule has 0 aromatic heterocycles. The van der Waals surface area contributed by atoms with Crippen LogP contribution in [0.2, 0.25) is 0 Å². The van der Waals surface area contributed by atoms with Crippen LogP contribution >= 0.6 is 0 Å². The van der Waals surface area contributed by atoms with Crippen LogP contribution in [0.5, 0.6) is 0 Å². The molecule has 2 unspecified atom stereocenters. The quantitative estimate of drug-likeness (QED) is 0.449. The summed E-state index contributed by atoms with van der Waals surface area (Å²) in [5, 5.41) is 0. The fourth-order valence-electron chi connectivity index (χ4n) is 2.67. The lowest BCUT2D eigenvalue weighted by Crippen LogP contribution is -1.99. The minimum Gasteiger partial charge on any atom is -0.0769 e. The molecule has 0 heterocycles. The molecular weight excluding hydrogens is 120 g/mol. The van der Waals surface area contributed by atoms with E-state index in [9.17, 15) is 0 Å². The van der Waals surface area contributed by atoms with E-state index in [1.807, 2.05) is 0 Å². The summed E-state index contributed by atoms with van der Waals surface area (Å²) < 4.78 is 0. The van der Waals surface area contributed by atoms with Gasteiger partial charge in [-0.1, -0.05) is 11.1 Å². The second-order valence-electron chi connectivity index (χ2n) is 4.11. The number of fused-ring (bicyclic) bond motifs is 2. The summed E-state index contributed by atoms with van der Waals surface area (Å²) in [7, 11) is 0. The van der Waals surface area contributed by atoms with E-state index in [1.165, 1.54) is 25.7 Å². The van der Waals surface area contributed by atoms with Crippen molar-refractivity contribution >= 4 is 0 Å². The normalized spacial score (nSPS) is 37.2. The van der Waals surface area contributed by atoms with Crippen molar-refractivity contribution in [1.29, 1.82) is 0 Å². The molecule has 0 aromatic rings. The Hall–Kier alpha value is -0.260. The molecule has 2 saturated carbocycles. The Balaban J connectivity index is 2.23. The lowest BCUT2D eigenvalue weighted by Gasteiger charge is -2.14. The molecule has 0 amide bonds. The second-order valence-corrected chi connectivity index (χ2v) is 4.11. The summed E-state index contributed by atoms with van der Waals surface area (Å²) in [5.41, 5.74) is 3.41. The van der Waals surface area contributed by atoms with E-state index in [4.69, 9.17) is 0 Å². The molecule has 0 aromatic carbocycles. The van der Waals surface area contributed by atoms with Crippen LogP contribution in [0.3, 0.4) is 0 Å². The SMILES string of the molecule is CC(C)=C1CC2CCC1C2. The van der Waals surface area contributed by atoms with Crippen molar-refractivity contribution in [3.63, 3.8) is 0 Å². The van der Waals surface area contributed by atoms with E-state index in [0.29, 0.717) is 0 Å². The highest BCUT2D eigenvalue weighted by Crippen LogP contribution is 2.48. The molecule has 56 valence electrons. The molecule has 2 aliphatic rings. The molecule has 10 heavy (non-hydrogen) atoms. The molecular formula is C10H16. The molecule has 2 fully saturated rings. The molecule has 2 aliphatic carbocycles. The Morgan fingerprint density at radius 1 is 1.30 bits per heavy atom. The first-order chi connectivity index (χ1) is 4.77. The molecule has 0 aliphatic heterocycles. The first-order valence-corrected chi connectivity index (χ1v) is 4.43. The van der Waals surface area contributed by atoms with E-state index < -0.39 is 0 Å². The van der Waals surface area contributed by atoms with E-state index in [0.717, 1.165) is 11.8 Å². The third kappa shape index (κ3) is 0.817. The molecule has 2 atom stereocenters. The Labute approximate surface area is 63.3 Å². The number of rotatable bonds is 0. The van der Waals surface area contributed by atoms with Crippen molar-refractivity contribution in [2.75, 3.05) is 0 Å². The van der Waals surface area contributed by atoms with Gasteiger partial charge >= 0.3 is 0 Å². The fourth-order valence-corrected chi connectivity index (χ4v) is 2.67. The first kappa shape index (κ1) is 6.45. The Morgan fingerprint density at radius 3 is 2.40 bits per heavy atom. The lowest BCUT2D eigenvalue weighted by molar-refractivity contribution is 0.557. The van der Waals surface area contributed by atoms with Crippen LogP contribution < -0.4 is 0 Å². The number of hydrogen-bond donors (Lipinski definition) is 0. The van der Waals surface area contributed by atoms with E-state index in [-0.39, 0.29) is 0 Å². The fraction of sp³-hybridized carbons (Fsp3) is 0.800. The van der Waals surface area contributed by atoms with Crippen LogP contribution in [0, 0.1) is 11.8 Å². The third-order valence-corrected chi connectivity index (χ3v) is 3.18. The van der Waals surface area contributed by atoms with Crippen LogP contribution in [-0.2, 0) is 0 Å². The lowest BCUT2D eigenvalue weighted by atomic mass is 9.92. The minimum absolute atomic E-state index is 1.01. The largest absolute Gasteiger partial charge is 0.0769 e. The van der Waals surface area contributed by atoms with Gasteiger partial charge < -0.3 is 0 Å². The zero-order valence-electron chi connectivity index (χ0n) is 6.98. The van der Waals surface area contributed by atoms with Gasteiger partial charge in [-0.3, -0.25) is 0 Å². The van der Waals surface area contributed by atoms with Crippen LogP contribution in [-0.4, -0.2) is 0 Å². The first-order valence-electron chi connectivity index (χ1n) is 4.43. The third-order valence-electron chi connectivity index (χ3n) is 3.18. The monoisotopic (exact) mass is 136 g/mol. The summed E-state index contributed by atoms with van der Waals surface area (Å²) in [6.07, 6.45) is 5.96. The average Bonchev–Trinajstić information content (AvgIpc) is 2.44. The van der Waals surface area contributed by atoms with E-state index >= 15 is 0 Å². The van der Waals surface area contributed by atoms with Gasteiger partial charge in [0.2, 0.25) is 0 Å². The van der Waals surface area contributed by atoms with Gasteiger partial charge in [-0.15, -0.1) is 0 Å². The van der Waals surface area contributed by atoms with Crippen molar-refractivity contribution in [2.24, 2.45) is 11.8 Å². The Morgan fingerprint density at radius 2 is 2.10 bits per heavy atom. The highest BCUT2D eigenvalue weighted by atomic mass is 14.4. The molecule has 2 bridgehead atoms. The predicted octanol–water partition coefficient (Wildman–Crippen LogP) is 3.14. The maximum atomic E-state index is 2.27. The summed E-state index contributed by atoms with van der Waals surface area (Å²) >= 11 is 0. The van der Waals surface area contributed by atoms with Gasteiger partial charge in [0, 0.05) is 0 Å². The van der Waals surface area contributed by atoms with Gasteiger partial charge in [0.1, 0.15) is 0 Å². The van der Waals surface area contributed by atoms with E-state index in [1.54, 1.807) is 11.1 Å². The Kier molecular flexibility index (Phi) is 1.36. The molecule has 0 radical (unpaired) electrons. The van der Waals surface area contributed by atoms with Crippen molar-refractivity contribution in [1.82, 2.24) is 0 Å². The smallest absolute Gasteiger partial charge is 0.0198 e. The molecule has 0 spiro atoms. The molecule has 0 nitrogen and oxygen atoms in total. The van der Waals surface area contributed by atoms with Gasteiger partial charge in [-0.2, -0.15) is 0 Å². The maximum Gasteiger partial charge on any atom is -0.0198 e. The second kappa shape index (κ2) is 2.11. The number of allylic oxidation sites excluding steroid dienone is 2. The number of hydrogen-bond acceptors (Lipinski definition) is 0. The van der Waals surface area contributed by atoms with E-state index in [2.05, 4.69) is 13.8 Å². The van der Waals surface area contributed by atoms with Crippen molar-refractivity contribution in [3.8, 4) is 0 Å². The zero-order chi connectivity index (χ0) is 7.14. The van der Waals surface area contributed by atoms with Crippen LogP contribution in [0.15, 0.2) is 11.1 Å². The molecule has 0 heteroatoms. The summed E-state index contributed by atoms with van der Waals surface area (Å²) in [5.74, 6) is 2.09. The highest BCUT2D eigenvalue weighted by Gasteiger charge is 2.35. The Bertz CT molecular complexity index is 172. The summed E-state index contributed by atoms with van der Waals surface area (Å²) in [6.45, 7) is 4.55. The van der Waals surface area contributed by atoms with Crippen LogP contribution in [0.25, 0.3) is 0 Å². The van der Waals surface area contributed by atoms with Gasteiger partial charge in [0.15, 0.2) is 0 Å². The average molecular weight is 136 g/mol. The van der Waals surface area contributed by atoms with Gasteiger partial charge in [-0.05, 0) is 51.4 Å². The predicted molar refractivity (Wildman–Crippen MR) is 43.8 cm³/mol. The molecule has 0 N–H and O–H groups in total. The highest BCUT2D eigenvalue weighted by molar-refractivity contribution is 5.21. The maximum absolute atomic E-state index is 2.27. The van der Waals surface area contributed by atoms with Crippen molar-refractivity contribution in [3.05, 3.63) is 11.1 Å². The van der Waals surface area contributed by atoms with Gasteiger partial charge in [0.25, 0.3) is 0 Å². The van der Waals surface area contributed by atoms with Gasteiger partial charge in [-0.25, -0.2) is 0 Å². The molecule has 2 rings (SSSR count). The van der Waals surface area contributed by atoms with Gasteiger partial charge in [0.05, 0.1) is 0 Å². The topological polar surface area (TPSA) is 0 Å². The van der Waals surface area contributed by atoms with Crippen LogP contribution in [0.4, 0.5) is 0 Å². The molecule has 0 saturated heterocycles. The van der Waals surface area contributed by atoms with Crippen molar-refractivity contribution < 1.29 is 0 Å². The summed E-state index contributed by atoms with van der Waals surface area (Å²) in [4.78, 5) is 0. The standard InChI is InChI=1S/C10H16/c1-7(2)10-6-8-3-4-9(10)5-8/h8-9H,3-6H2,1-2H3.